The van der Waals surface area contributed by atoms with Gasteiger partial charge in [-0.15, -0.1) is 0 Å². The van der Waals surface area contributed by atoms with Crippen molar-refractivity contribution in [3.8, 4) is 0 Å². The summed E-state index contributed by atoms with van der Waals surface area (Å²) in [7, 11) is 0. The molecular weight excluding hydrogens is 330 g/mol. The fraction of sp³-hybridized carbons (Fsp3) is 0.438. The van der Waals surface area contributed by atoms with E-state index in [2.05, 4.69) is 20.9 Å². The second-order valence-electron chi connectivity index (χ2n) is 5.88. The van der Waals surface area contributed by atoms with E-state index < -0.39 is 0 Å². The van der Waals surface area contributed by atoms with Crippen molar-refractivity contribution in [1.29, 1.82) is 0 Å². The Balaban J connectivity index is 1.55. The normalized spacial score (nSPS) is 15.7. The number of rotatable bonds is 5. The van der Waals surface area contributed by atoms with Gasteiger partial charge in [0.1, 0.15) is 12.7 Å². The van der Waals surface area contributed by atoms with Gasteiger partial charge in [0.05, 0.1) is 0 Å². The van der Waals surface area contributed by atoms with Gasteiger partial charge in [0.2, 0.25) is 0 Å². The van der Waals surface area contributed by atoms with Crippen molar-refractivity contribution >= 4 is 23.1 Å². The minimum atomic E-state index is -0.378. The molecule has 0 saturated carbocycles. The molecule has 0 spiro atoms. The van der Waals surface area contributed by atoms with E-state index in [-0.39, 0.29) is 10.7 Å². The van der Waals surface area contributed by atoms with E-state index in [1.807, 2.05) is 18.2 Å². The molecule has 2 aromatic rings. The Hall–Kier alpha value is -2.12. The third kappa shape index (κ3) is 3.68. The molecule has 1 saturated heterocycles. The first-order chi connectivity index (χ1) is 11.5. The Morgan fingerprint density at radius 3 is 2.67 bits per heavy atom. The van der Waals surface area contributed by atoms with Crippen molar-refractivity contribution in [2.45, 2.75) is 13.5 Å². The third-order valence-corrected chi connectivity index (χ3v) is 4.64. The fourth-order valence-corrected chi connectivity index (χ4v) is 3.21. The van der Waals surface area contributed by atoms with Crippen molar-refractivity contribution < 1.29 is 4.92 Å². The van der Waals surface area contributed by atoms with Gasteiger partial charge in [0.25, 0.3) is 0 Å². The summed E-state index contributed by atoms with van der Waals surface area (Å²) in [4.78, 5) is 19.3. The smallest absolute Gasteiger partial charge is 0.342 e. The maximum atomic E-state index is 11.0. The first-order valence-corrected chi connectivity index (χ1v) is 8.32. The van der Waals surface area contributed by atoms with Gasteiger partial charge in [-0.05, 0) is 23.1 Å². The molecule has 0 aliphatic carbocycles. The molecule has 2 heterocycles. The van der Waals surface area contributed by atoms with Crippen LogP contribution in [0.25, 0.3) is 0 Å². The van der Waals surface area contributed by atoms with Crippen molar-refractivity contribution in [3.05, 3.63) is 51.4 Å². The number of hydrogen-bond donors (Lipinski definition) is 0. The number of aromatic nitrogens is 2. The van der Waals surface area contributed by atoms with Gasteiger partial charge in [0.15, 0.2) is 5.82 Å². The molecule has 0 atom stereocenters. The minimum Gasteiger partial charge on any atom is -0.369 e. The van der Waals surface area contributed by atoms with Crippen LogP contribution >= 0.6 is 11.6 Å². The number of hydrogen-bond acceptors (Lipinski definition) is 5. The van der Waals surface area contributed by atoms with Crippen LogP contribution < -0.4 is 4.90 Å². The van der Waals surface area contributed by atoms with Crippen molar-refractivity contribution in [3.63, 3.8) is 0 Å². The van der Waals surface area contributed by atoms with Gasteiger partial charge in [-0.25, -0.2) is 9.55 Å². The molecule has 0 N–H and O–H groups in total. The van der Waals surface area contributed by atoms with Crippen LogP contribution in [0.2, 0.25) is 5.02 Å². The Morgan fingerprint density at radius 1 is 1.25 bits per heavy atom. The van der Waals surface area contributed by atoms with Crippen LogP contribution in [0.4, 0.5) is 11.5 Å². The third-order valence-electron chi connectivity index (χ3n) is 4.41. The summed E-state index contributed by atoms with van der Waals surface area (Å²) in [5.41, 5.74) is 1.14. The van der Waals surface area contributed by atoms with E-state index in [4.69, 9.17) is 11.6 Å². The predicted octanol–water partition coefficient (Wildman–Crippen LogP) is 2.58. The van der Waals surface area contributed by atoms with E-state index in [0.717, 1.165) is 43.4 Å². The van der Waals surface area contributed by atoms with Crippen LogP contribution in [0.1, 0.15) is 5.82 Å². The van der Waals surface area contributed by atoms with Crippen molar-refractivity contribution in [2.75, 3.05) is 37.6 Å². The van der Waals surface area contributed by atoms with Crippen LogP contribution in [-0.4, -0.2) is 52.1 Å². The van der Waals surface area contributed by atoms with E-state index >= 15 is 0 Å². The van der Waals surface area contributed by atoms with Crippen LogP contribution in [0.15, 0.2) is 30.5 Å². The zero-order valence-corrected chi connectivity index (χ0v) is 14.3. The Morgan fingerprint density at radius 2 is 2.00 bits per heavy atom. The number of nitrogens with zero attached hydrogens (tertiary/aromatic N) is 5. The molecule has 0 unspecified atom stereocenters. The fourth-order valence-electron chi connectivity index (χ4n) is 3.02. The zero-order chi connectivity index (χ0) is 17.1. The number of nitro groups is 1. The summed E-state index contributed by atoms with van der Waals surface area (Å²) in [6, 6.07) is 7.89. The predicted molar refractivity (Wildman–Crippen MR) is 93.7 cm³/mol. The second-order valence-corrected chi connectivity index (χ2v) is 6.32. The zero-order valence-electron chi connectivity index (χ0n) is 13.6. The largest absolute Gasteiger partial charge is 0.369 e. The molecule has 0 bridgehead atoms. The summed E-state index contributed by atoms with van der Waals surface area (Å²) in [6.07, 6.45) is 1.33. The van der Waals surface area contributed by atoms with Gasteiger partial charge in [-0.1, -0.05) is 17.7 Å². The lowest BCUT2D eigenvalue weighted by Crippen LogP contribution is -2.47. The number of benzene rings is 1. The average Bonchev–Trinajstić information content (AvgIpc) is 2.94. The Labute approximate surface area is 145 Å². The summed E-state index contributed by atoms with van der Waals surface area (Å²) < 4.78 is 1.67. The van der Waals surface area contributed by atoms with Crippen molar-refractivity contribution in [2.24, 2.45) is 0 Å². The molecular formula is C16H20ClN5O2. The van der Waals surface area contributed by atoms with Crippen LogP contribution in [0, 0.1) is 17.0 Å². The molecule has 1 aliphatic rings. The van der Waals surface area contributed by atoms with E-state index in [9.17, 15) is 10.1 Å². The standard InChI is InChI=1S/C16H20ClN5O2/c1-13-18-12-16(22(23)24)21(13)10-7-19-5-8-20(9-6-19)15-4-2-3-14(17)11-15/h2-4,11-12H,5-10H2,1H3. The first kappa shape index (κ1) is 16.7. The molecule has 24 heavy (non-hydrogen) atoms. The van der Waals surface area contributed by atoms with Crippen LogP contribution in [0.5, 0.6) is 0 Å². The van der Waals surface area contributed by atoms with E-state index in [1.54, 1.807) is 11.5 Å². The average molecular weight is 350 g/mol. The summed E-state index contributed by atoms with van der Waals surface area (Å²) in [6.45, 7) is 6.85. The van der Waals surface area contributed by atoms with Gasteiger partial charge >= 0.3 is 5.82 Å². The molecule has 1 aliphatic heterocycles. The Kier molecular flexibility index (Phi) is 5.01. The number of piperazine rings is 1. The molecule has 7 nitrogen and oxygen atoms in total. The number of anilines is 1. The van der Waals surface area contributed by atoms with Gasteiger partial charge in [0, 0.05) is 50.4 Å². The highest BCUT2D eigenvalue weighted by Crippen LogP contribution is 2.21. The molecule has 0 amide bonds. The van der Waals surface area contributed by atoms with Crippen molar-refractivity contribution in [1.82, 2.24) is 14.5 Å². The maximum absolute atomic E-state index is 11.0. The number of halogens is 1. The monoisotopic (exact) mass is 349 g/mol. The number of aryl methyl sites for hydroxylation is 1. The molecule has 1 aromatic carbocycles. The van der Waals surface area contributed by atoms with Gasteiger partial charge < -0.3 is 15.0 Å². The Bertz CT molecular complexity index is 725. The topological polar surface area (TPSA) is 67.4 Å². The number of imidazole rings is 1. The summed E-state index contributed by atoms with van der Waals surface area (Å²) in [5, 5.41) is 11.8. The highest BCUT2D eigenvalue weighted by Gasteiger charge is 2.21. The lowest BCUT2D eigenvalue weighted by molar-refractivity contribution is -0.392. The van der Waals surface area contributed by atoms with Gasteiger partial charge in [-0.2, -0.15) is 0 Å². The molecule has 1 fully saturated rings. The van der Waals surface area contributed by atoms with Gasteiger partial charge in [-0.3, -0.25) is 4.90 Å². The molecule has 3 rings (SSSR count). The van der Waals surface area contributed by atoms with Crippen LogP contribution in [-0.2, 0) is 6.54 Å². The lowest BCUT2D eigenvalue weighted by atomic mass is 10.2. The molecule has 128 valence electrons. The summed E-state index contributed by atoms with van der Waals surface area (Å²) >= 11 is 6.05. The first-order valence-electron chi connectivity index (χ1n) is 7.94. The quantitative estimate of drug-likeness (QED) is 0.613. The highest BCUT2D eigenvalue weighted by molar-refractivity contribution is 6.30. The SMILES string of the molecule is Cc1ncc([N+](=O)[O-])n1CCN1CCN(c2cccc(Cl)c2)CC1. The maximum Gasteiger partial charge on any atom is 0.342 e. The van der Waals surface area contributed by atoms with E-state index in [1.165, 1.54) is 6.20 Å². The summed E-state index contributed by atoms with van der Waals surface area (Å²) in [5.74, 6) is 0.740. The highest BCUT2D eigenvalue weighted by atomic mass is 35.5. The lowest BCUT2D eigenvalue weighted by Gasteiger charge is -2.35. The molecule has 0 radical (unpaired) electrons. The second kappa shape index (κ2) is 7.19. The minimum absolute atomic E-state index is 0.0602. The molecule has 8 heteroatoms. The van der Waals surface area contributed by atoms with E-state index in [0.29, 0.717) is 12.4 Å². The van der Waals surface area contributed by atoms with Crippen LogP contribution in [0.3, 0.4) is 0 Å². The molecule has 1 aromatic heterocycles.